The monoisotopic (exact) mass is 395 g/mol. The lowest BCUT2D eigenvalue weighted by molar-refractivity contribution is 0.0853. The molecule has 0 aliphatic heterocycles. The molecule has 28 heavy (non-hydrogen) atoms. The van der Waals surface area contributed by atoms with Gasteiger partial charge < -0.3 is 14.5 Å². The normalized spacial score (nSPS) is 10.2. The fourth-order valence-electron chi connectivity index (χ4n) is 2.40. The summed E-state index contributed by atoms with van der Waals surface area (Å²) in [7, 11) is 1.67. The highest BCUT2D eigenvalue weighted by molar-refractivity contribution is 7.80. The Balaban J connectivity index is 1.47. The van der Waals surface area contributed by atoms with Crippen LogP contribution in [-0.4, -0.2) is 23.1 Å². The van der Waals surface area contributed by atoms with Crippen LogP contribution in [0.2, 0.25) is 0 Å². The number of amides is 1. The highest BCUT2D eigenvalue weighted by Crippen LogP contribution is 2.14. The van der Waals surface area contributed by atoms with Gasteiger partial charge in [-0.15, -0.1) is 0 Å². The number of carbonyl (C=O) groups excluding carboxylic acids is 1. The van der Waals surface area contributed by atoms with Gasteiger partial charge in [0.25, 0.3) is 0 Å². The van der Waals surface area contributed by atoms with Gasteiger partial charge in [-0.2, -0.15) is 0 Å². The molecule has 0 atom stereocenters. The van der Waals surface area contributed by atoms with Crippen molar-refractivity contribution < 1.29 is 13.9 Å². The Morgan fingerprint density at radius 3 is 2.43 bits per heavy atom. The minimum atomic E-state index is -0.391. The third-order valence-corrected chi connectivity index (χ3v) is 4.29. The Hall–Kier alpha value is -3.32. The summed E-state index contributed by atoms with van der Waals surface area (Å²) in [4.78, 5) is 12.3. The van der Waals surface area contributed by atoms with Crippen LogP contribution in [0.1, 0.15) is 21.9 Å². The van der Waals surface area contributed by atoms with Crippen molar-refractivity contribution in [3.05, 3.63) is 89.9 Å². The minimum absolute atomic E-state index is 0.185. The van der Waals surface area contributed by atoms with E-state index in [2.05, 4.69) is 10.7 Å². The third-order valence-electron chi connectivity index (χ3n) is 3.87. The van der Waals surface area contributed by atoms with Crippen molar-refractivity contribution in [2.45, 2.75) is 13.2 Å². The van der Waals surface area contributed by atoms with Crippen molar-refractivity contribution in [1.82, 2.24) is 15.8 Å². The quantitative estimate of drug-likeness (QED) is 0.492. The van der Waals surface area contributed by atoms with E-state index in [1.54, 1.807) is 19.2 Å². The van der Waals surface area contributed by atoms with Crippen LogP contribution in [0, 0.1) is 0 Å². The van der Waals surface area contributed by atoms with Gasteiger partial charge in [0, 0.05) is 13.6 Å². The zero-order valence-corrected chi connectivity index (χ0v) is 16.2. The maximum absolute atomic E-state index is 12.3. The van der Waals surface area contributed by atoms with Crippen LogP contribution in [0.25, 0.3) is 0 Å². The molecule has 0 saturated carbocycles. The van der Waals surface area contributed by atoms with E-state index in [4.69, 9.17) is 21.4 Å². The molecule has 3 rings (SSSR count). The highest BCUT2D eigenvalue weighted by Gasteiger charge is 2.15. The van der Waals surface area contributed by atoms with Crippen molar-refractivity contribution in [2.24, 2.45) is 0 Å². The molecule has 1 amide bonds. The Morgan fingerprint density at radius 1 is 1.04 bits per heavy atom. The number of rotatable bonds is 6. The fraction of sp³-hybridized carbons (Fsp3) is 0.143. The Labute approximate surface area is 169 Å². The first-order valence-electron chi connectivity index (χ1n) is 8.75. The number of hydrazine groups is 1. The summed E-state index contributed by atoms with van der Waals surface area (Å²) >= 11 is 5.29. The molecule has 0 radical (unpaired) electrons. The Morgan fingerprint density at radius 2 is 1.71 bits per heavy atom. The summed E-state index contributed by atoms with van der Waals surface area (Å²) in [6.45, 7) is 0.811. The van der Waals surface area contributed by atoms with E-state index >= 15 is 0 Å². The molecule has 0 fully saturated rings. The summed E-state index contributed by atoms with van der Waals surface area (Å²) in [6, 6.07) is 22.6. The van der Waals surface area contributed by atoms with Gasteiger partial charge in [0.05, 0.1) is 0 Å². The molecule has 7 heteroatoms. The van der Waals surface area contributed by atoms with E-state index in [0.29, 0.717) is 17.4 Å². The molecule has 2 N–H and O–H groups in total. The lowest BCUT2D eigenvalue weighted by Gasteiger charge is -2.21. The molecule has 0 aliphatic carbocycles. The molecule has 0 bridgehead atoms. The van der Waals surface area contributed by atoms with Gasteiger partial charge in [-0.05, 0) is 42.0 Å². The van der Waals surface area contributed by atoms with Gasteiger partial charge in [-0.1, -0.05) is 48.5 Å². The van der Waals surface area contributed by atoms with E-state index in [-0.39, 0.29) is 12.4 Å². The molecule has 0 unspecified atom stereocenters. The Bertz CT molecular complexity index is 913. The van der Waals surface area contributed by atoms with Crippen LogP contribution < -0.4 is 15.5 Å². The van der Waals surface area contributed by atoms with Crippen LogP contribution in [-0.2, 0) is 13.2 Å². The first-order chi connectivity index (χ1) is 13.6. The minimum Gasteiger partial charge on any atom is -0.486 e. The van der Waals surface area contributed by atoms with Gasteiger partial charge >= 0.3 is 5.91 Å². The number of hydrogen-bond acceptors (Lipinski definition) is 4. The first kappa shape index (κ1) is 19.4. The number of thiocarbonyl (C=S) groups is 1. The number of carbonyl (C=O) groups is 1. The predicted molar refractivity (Wildman–Crippen MR) is 111 cm³/mol. The second kappa shape index (κ2) is 9.57. The molecule has 2 aromatic carbocycles. The van der Waals surface area contributed by atoms with E-state index in [0.717, 1.165) is 11.3 Å². The van der Waals surface area contributed by atoms with Gasteiger partial charge in [-0.25, -0.2) is 0 Å². The second-order valence-electron chi connectivity index (χ2n) is 6.01. The van der Waals surface area contributed by atoms with Crippen LogP contribution in [0.15, 0.2) is 77.2 Å². The van der Waals surface area contributed by atoms with Gasteiger partial charge in [0.2, 0.25) is 0 Å². The number of para-hydroxylation sites is 1. The molecule has 144 valence electrons. The van der Waals surface area contributed by atoms with E-state index in [1.165, 1.54) is 5.01 Å². The average molecular weight is 395 g/mol. The number of hydrogen-bond donors (Lipinski definition) is 2. The predicted octanol–water partition coefficient (Wildman–Crippen LogP) is 3.51. The molecule has 6 nitrogen and oxygen atoms in total. The molecule has 1 aromatic heterocycles. The van der Waals surface area contributed by atoms with Gasteiger partial charge in [0.1, 0.15) is 18.1 Å². The summed E-state index contributed by atoms with van der Waals surface area (Å²) in [5.74, 6) is 1.09. The number of benzene rings is 2. The van der Waals surface area contributed by atoms with Crippen LogP contribution in [0.3, 0.4) is 0 Å². The summed E-state index contributed by atoms with van der Waals surface area (Å²) in [5.41, 5.74) is 3.77. The van der Waals surface area contributed by atoms with Crippen LogP contribution in [0.4, 0.5) is 0 Å². The van der Waals surface area contributed by atoms with E-state index < -0.39 is 5.91 Å². The second-order valence-corrected chi connectivity index (χ2v) is 6.40. The SMILES string of the molecule is CN(NC(=O)c1ccc(COc2ccccc2)o1)C(=S)NCc1ccccc1. The van der Waals surface area contributed by atoms with Crippen molar-refractivity contribution in [3.63, 3.8) is 0 Å². The number of nitrogens with zero attached hydrogens (tertiary/aromatic N) is 1. The molecule has 0 aliphatic rings. The average Bonchev–Trinajstić information content (AvgIpc) is 3.21. The summed E-state index contributed by atoms with van der Waals surface area (Å²) in [6.07, 6.45) is 0. The molecule has 1 heterocycles. The lowest BCUT2D eigenvalue weighted by atomic mass is 10.2. The third kappa shape index (κ3) is 5.59. The summed E-state index contributed by atoms with van der Waals surface area (Å²) in [5, 5.41) is 4.94. The number of ether oxygens (including phenoxy) is 1. The zero-order valence-electron chi connectivity index (χ0n) is 15.4. The molecule has 0 spiro atoms. The van der Waals surface area contributed by atoms with Crippen LogP contribution >= 0.6 is 12.2 Å². The standard InChI is InChI=1S/C21H21N3O3S/c1-24(21(28)22-14-16-8-4-2-5-9-16)23-20(25)19-13-12-18(27-19)15-26-17-10-6-3-7-11-17/h2-13H,14-15H2,1H3,(H,22,28)(H,23,25). The van der Waals surface area contributed by atoms with E-state index in [9.17, 15) is 4.79 Å². The van der Waals surface area contributed by atoms with E-state index in [1.807, 2.05) is 60.7 Å². The zero-order chi connectivity index (χ0) is 19.8. The fourth-order valence-corrected chi connectivity index (χ4v) is 2.52. The van der Waals surface area contributed by atoms with Gasteiger partial charge in [0.15, 0.2) is 10.9 Å². The largest absolute Gasteiger partial charge is 0.486 e. The van der Waals surface area contributed by atoms with Gasteiger partial charge in [-0.3, -0.25) is 15.2 Å². The van der Waals surface area contributed by atoms with Crippen molar-refractivity contribution >= 4 is 23.2 Å². The van der Waals surface area contributed by atoms with Crippen molar-refractivity contribution in [3.8, 4) is 5.75 Å². The smallest absolute Gasteiger partial charge is 0.305 e. The Kier molecular flexibility index (Phi) is 6.64. The number of furan rings is 1. The van der Waals surface area contributed by atoms with Crippen molar-refractivity contribution in [2.75, 3.05) is 7.05 Å². The first-order valence-corrected chi connectivity index (χ1v) is 9.15. The molecular weight excluding hydrogens is 374 g/mol. The topological polar surface area (TPSA) is 66.7 Å². The summed E-state index contributed by atoms with van der Waals surface area (Å²) < 4.78 is 11.2. The van der Waals surface area contributed by atoms with Crippen LogP contribution in [0.5, 0.6) is 5.75 Å². The number of nitrogens with one attached hydrogen (secondary N) is 2. The molecule has 3 aromatic rings. The molecular formula is C21H21N3O3S. The maximum Gasteiger partial charge on any atom is 0.305 e. The lowest BCUT2D eigenvalue weighted by Crippen LogP contribution is -2.47. The maximum atomic E-state index is 12.3. The highest BCUT2D eigenvalue weighted by atomic mass is 32.1. The molecule has 0 saturated heterocycles. The van der Waals surface area contributed by atoms with Crippen molar-refractivity contribution in [1.29, 1.82) is 0 Å².